The lowest BCUT2D eigenvalue weighted by molar-refractivity contribution is -0.115. The van der Waals surface area contributed by atoms with Crippen molar-refractivity contribution >= 4 is 51.2 Å². The molecule has 1 fully saturated rings. The van der Waals surface area contributed by atoms with Gasteiger partial charge in [0, 0.05) is 24.5 Å². The van der Waals surface area contributed by atoms with Crippen molar-refractivity contribution in [2.45, 2.75) is 16.5 Å². The second-order valence-electron chi connectivity index (χ2n) is 6.87. The van der Waals surface area contributed by atoms with Crippen LogP contribution in [0.3, 0.4) is 0 Å². The van der Waals surface area contributed by atoms with Crippen molar-refractivity contribution < 1.29 is 13.9 Å². The molecule has 1 saturated heterocycles. The molecule has 0 radical (unpaired) electrons. The minimum Gasteiger partial charge on any atom is -0.378 e. The molecule has 162 valence electrons. The van der Waals surface area contributed by atoms with Crippen LogP contribution in [-0.4, -0.2) is 47.7 Å². The molecule has 1 aromatic heterocycles. The van der Waals surface area contributed by atoms with Crippen molar-refractivity contribution in [3.8, 4) is 0 Å². The Morgan fingerprint density at radius 3 is 2.65 bits per heavy atom. The number of thioether (sulfide) groups is 1. The normalized spacial score (nSPS) is 14.8. The predicted molar refractivity (Wildman–Crippen MR) is 123 cm³/mol. The summed E-state index contributed by atoms with van der Waals surface area (Å²) in [6, 6.07) is 14.2. The molecule has 1 aliphatic heterocycles. The Bertz CT molecular complexity index is 1020. The molecule has 2 aromatic carbocycles. The number of carbonyl (C=O) groups excluding carboxylic acids is 1. The summed E-state index contributed by atoms with van der Waals surface area (Å²) in [7, 11) is 0. The first-order valence-corrected chi connectivity index (χ1v) is 11.5. The molecule has 1 aliphatic rings. The molecule has 4 rings (SSSR count). The van der Waals surface area contributed by atoms with Crippen molar-refractivity contribution in [3.05, 3.63) is 54.3 Å². The number of anilines is 4. The average molecular weight is 460 g/mol. The van der Waals surface area contributed by atoms with Crippen molar-refractivity contribution in [1.29, 1.82) is 0 Å². The highest BCUT2D eigenvalue weighted by Gasteiger charge is 2.18. The largest absolute Gasteiger partial charge is 0.378 e. The monoisotopic (exact) mass is 459 g/mol. The Kier molecular flexibility index (Phi) is 7.00. The molecule has 3 aromatic rings. The Labute approximate surface area is 188 Å². The maximum absolute atomic E-state index is 13.8. The number of para-hydroxylation sites is 1. The van der Waals surface area contributed by atoms with Gasteiger partial charge in [-0.1, -0.05) is 35.2 Å². The van der Waals surface area contributed by atoms with Gasteiger partial charge < -0.3 is 20.3 Å². The van der Waals surface area contributed by atoms with Crippen LogP contribution < -0.4 is 15.5 Å². The third-order valence-corrected chi connectivity index (χ3v) is 6.70. The number of nitrogens with zero attached hydrogens (tertiary/aromatic N) is 3. The molecule has 0 spiro atoms. The summed E-state index contributed by atoms with van der Waals surface area (Å²) in [4.78, 5) is 14.8. The van der Waals surface area contributed by atoms with Gasteiger partial charge in [0.1, 0.15) is 5.82 Å². The van der Waals surface area contributed by atoms with Gasteiger partial charge in [0.15, 0.2) is 4.34 Å². The van der Waals surface area contributed by atoms with Gasteiger partial charge in [0.05, 0.1) is 24.2 Å². The van der Waals surface area contributed by atoms with Gasteiger partial charge in [-0.3, -0.25) is 4.79 Å². The minimum atomic E-state index is -0.367. The van der Waals surface area contributed by atoms with Crippen LogP contribution in [0.2, 0.25) is 0 Å². The number of hydrogen-bond acceptors (Lipinski definition) is 8. The highest BCUT2D eigenvalue weighted by molar-refractivity contribution is 8.02. The zero-order valence-corrected chi connectivity index (χ0v) is 18.5. The Balaban J connectivity index is 1.30. The second-order valence-corrected chi connectivity index (χ2v) is 9.44. The molecule has 0 bridgehead atoms. The summed E-state index contributed by atoms with van der Waals surface area (Å²) < 4.78 is 19.8. The third-order valence-electron chi connectivity index (χ3n) is 4.68. The number of aromatic nitrogens is 2. The van der Waals surface area contributed by atoms with Crippen LogP contribution in [0.4, 0.5) is 26.6 Å². The maximum atomic E-state index is 13.8. The molecule has 0 saturated carbocycles. The van der Waals surface area contributed by atoms with E-state index in [0.717, 1.165) is 37.7 Å². The number of halogens is 1. The third kappa shape index (κ3) is 5.72. The highest BCUT2D eigenvalue weighted by atomic mass is 32.2. The number of rotatable bonds is 7. The molecule has 2 heterocycles. The fourth-order valence-corrected chi connectivity index (χ4v) is 4.92. The van der Waals surface area contributed by atoms with Crippen LogP contribution in [0.5, 0.6) is 0 Å². The Morgan fingerprint density at radius 1 is 1.16 bits per heavy atom. The molecule has 1 amide bonds. The van der Waals surface area contributed by atoms with Crippen molar-refractivity contribution in [1.82, 2.24) is 10.2 Å². The number of ether oxygens (including phenoxy) is 1. The first-order valence-electron chi connectivity index (χ1n) is 9.84. The van der Waals surface area contributed by atoms with E-state index in [4.69, 9.17) is 4.74 Å². The van der Waals surface area contributed by atoms with Gasteiger partial charge >= 0.3 is 0 Å². The average Bonchev–Trinajstić information content (AvgIpc) is 3.23. The van der Waals surface area contributed by atoms with Crippen LogP contribution in [0.15, 0.2) is 52.9 Å². The summed E-state index contributed by atoms with van der Waals surface area (Å²) in [6.07, 6.45) is 0. The lowest BCUT2D eigenvalue weighted by atomic mass is 10.2. The highest BCUT2D eigenvalue weighted by Crippen LogP contribution is 2.31. The number of morpholine rings is 1. The smallest absolute Gasteiger partial charge is 0.237 e. The first kappa shape index (κ1) is 21.5. The van der Waals surface area contributed by atoms with Crippen LogP contribution in [-0.2, 0) is 9.53 Å². The van der Waals surface area contributed by atoms with Crippen LogP contribution in [0, 0.1) is 5.82 Å². The van der Waals surface area contributed by atoms with Gasteiger partial charge in [0.25, 0.3) is 0 Å². The van der Waals surface area contributed by atoms with Gasteiger partial charge in [-0.2, -0.15) is 0 Å². The number of hydrogen-bond donors (Lipinski definition) is 2. The molecular formula is C21H22FN5O2S2. The molecule has 0 unspecified atom stereocenters. The first-order chi connectivity index (χ1) is 15.1. The zero-order valence-electron chi connectivity index (χ0n) is 16.9. The van der Waals surface area contributed by atoms with Crippen molar-refractivity contribution in [2.24, 2.45) is 0 Å². The molecular weight excluding hydrogens is 437 g/mol. The summed E-state index contributed by atoms with van der Waals surface area (Å²) in [5.41, 5.74) is 2.20. The molecule has 2 N–H and O–H groups in total. The zero-order chi connectivity index (χ0) is 21.6. The quantitative estimate of drug-likeness (QED) is 0.508. The molecule has 31 heavy (non-hydrogen) atoms. The van der Waals surface area contributed by atoms with Crippen LogP contribution in [0.25, 0.3) is 0 Å². The lowest BCUT2D eigenvalue weighted by Gasteiger charge is -2.28. The van der Waals surface area contributed by atoms with E-state index >= 15 is 0 Å². The summed E-state index contributed by atoms with van der Waals surface area (Å²) in [5.74, 6) is -0.484. The second kappa shape index (κ2) is 10.1. The van der Waals surface area contributed by atoms with E-state index in [2.05, 4.69) is 25.7 Å². The van der Waals surface area contributed by atoms with Crippen LogP contribution in [0.1, 0.15) is 6.92 Å². The van der Waals surface area contributed by atoms with Gasteiger partial charge in [-0.15, -0.1) is 10.2 Å². The van der Waals surface area contributed by atoms with Crippen LogP contribution >= 0.6 is 23.1 Å². The van der Waals surface area contributed by atoms with E-state index in [-0.39, 0.29) is 17.0 Å². The van der Waals surface area contributed by atoms with E-state index in [0.29, 0.717) is 15.2 Å². The molecule has 7 nitrogen and oxygen atoms in total. The van der Waals surface area contributed by atoms with E-state index < -0.39 is 0 Å². The summed E-state index contributed by atoms with van der Waals surface area (Å²) in [6.45, 7) is 5.02. The standard InChI is InChI=1S/C21H22FN5O2S2/c1-14(30-21-26-25-20(31-21)24-18-5-3-2-4-17(18)22)19(28)23-15-6-8-16(9-7-15)27-10-12-29-13-11-27/h2-9,14H,10-13H2,1H3,(H,23,28)(H,24,25)/t14-/m0/s1. The Hall–Kier alpha value is -2.69. The maximum Gasteiger partial charge on any atom is 0.237 e. The number of amides is 1. The van der Waals surface area contributed by atoms with Gasteiger partial charge in [0.2, 0.25) is 11.0 Å². The number of carbonyl (C=O) groups is 1. The van der Waals surface area contributed by atoms with E-state index in [1.165, 1.54) is 29.2 Å². The van der Waals surface area contributed by atoms with E-state index in [1.54, 1.807) is 18.2 Å². The van der Waals surface area contributed by atoms with E-state index in [9.17, 15) is 9.18 Å². The predicted octanol–water partition coefficient (Wildman–Crippen LogP) is 4.38. The van der Waals surface area contributed by atoms with Crippen molar-refractivity contribution in [3.63, 3.8) is 0 Å². The fourth-order valence-electron chi connectivity index (χ4n) is 3.01. The number of nitrogens with one attached hydrogen (secondary N) is 2. The fraction of sp³-hybridized carbons (Fsp3) is 0.286. The van der Waals surface area contributed by atoms with Gasteiger partial charge in [-0.25, -0.2) is 4.39 Å². The molecule has 10 heteroatoms. The molecule has 1 atom stereocenters. The topological polar surface area (TPSA) is 79.4 Å². The van der Waals surface area contributed by atoms with E-state index in [1.807, 2.05) is 31.2 Å². The van der Waals surface area contributed by atoms with Crippen molar-refractivity contribution in [2.75, 3.05) is 41.8 Å². The summed E-state index contributed by atoms with van der Waals surface area (Å²) in [5, 5.41) is 14.1. The number of benzene rings is 2. The SMILES string of the molecule is C[C@H](Sc1nnc(Nc2ccccc2F)s1)C(=O)Nc1ccc(N2CCOCC2)cc1. The summed E-state index contributed by atoms with van der Waals surface area (Å²) >= 11 is 2.58. The Morgan fingerprint density at radius 2 is 1.90 bits per heavy atom. The van der Waals surface area contributed by atoms with Gasteiger partial charge in [-0.05, 0) is 43.3 Å². The lowest BCUT2D eigenvalue weighted by Crippen LogP contribution is -2.36. The molecule has 0 aliphatic carbocycles. The minimum absolute atomic E-state index is 0.122.